The van der Waals surface area contributed by atoms with Crippen LogP contribution in [0.5, 0.6) is 0 Å². The lowest BCUT2D eigenvalue weighted by Gasteiger charge is -2.07. The van der Waals surface area contributed by atoms with Crippen molar-refractivity contribution in [3.05, 3.63) is 71.9 Å². The van der Waals surface area contributed by atoms with Crippen LogP contribution in [0.3, 0.4) is 0 Å². The zero-order valence-electron chi connectivity index (χ0n) is 15.1. The van der Waals surface area contributed by atoms with Crippen LogP contribution in [0.25, 0.3) is 11.3 Å². The number of thioether (sulfide) groups is 1. The van der Waals surface area contributed by atoms with Crippen molar-refractivity contribution in [2.45, 2.75) is 19.0 Å². The van der Waals surface area contributed by atoms with Crippen LogP contribution in [0.15, 0.2) is 65.8 Å². The van der Waals surface area contributed by atoms with Gasteiger partial charge in [-0.1, -0.05) is 54.2 Å². The van der Waals surface area contributed by atoms with Gasteiger partial charge in [0.25, 0.3) is 0 Å². The molecule has 0 spiro atoms. The largest absolute Gasteiger partial charge is 0.325 e. The Labute approximate surface area is 162 Å². The second-order valence-electron chi connectivity index (χ2n) is 6.02. The molecule has 3 aromatic rings. The molecule has 5 nitrogen and oxygen atoms in total. The molecule has 0 saturated carbocycles. The van der Waals surface area contributed by atoms with E-state index in [1.54, 1.807) is 24.3 Å². The first-order valence-corrected chi connectivity index (χ1v) is 9.44. The number of Topliss-reactive ketones (excluding diaryl/α,β-unsaturated/α-hetero) is 1. The molecule has 0 radical (unpaired) electrons. The lowest BCUT2D eigenvalue weighted by atomic mass is 10.1. The van der Waals surface area contributed by atoms with Crippen LogP contribution in [-0.2, 0) is 4.79 Å². The van der Waals surface area contributed by atoms with E-state index < -0.39 is 0 Å². The summed E-state index contributed by atoms with van der Waals surface area (Å²) in [6.07, 6.45) is 0. The molecule has 0 aliphatic rings. The Hall–Kier alpha value is -2.99. The Morgan fingerprint density at radius 3 is 2.52 bits per heavy atom. The normalized spacial score (nSPS) is 10.4. The summed E-state index contributed by atoms with van der Waals surface area (Å²) in [5.74, 6) is -0.0312. The number of carbonyl (C=O) groups is 2. The number of carbonyl (C=O) groups excluding carboxylic acids is 2. The number of nitrogens with one attached hydrogen (secondary N) is 1. The fraction of sp³-hybridized carbons (Fsp3) is 0.143. The predicted octanol–water partition coefficient (Wildman–Crippen LogP) is 4.39. The summed E-state index contributed by atoms with van der Waals surface area (Å²) < 4.78 is 0. The molecule has 27 heavy (non-hydrogen) atoms. The molecule has 2 aromatic carbocycles. The Bertz CT molecular complexity index is 974. The van der Waals surface area contributed by atoms with E-state index in [2.05, 4.69) is 15.3 Å². The van der Waals surface area contributed by atoms with E-state index in [9.17, 15) is 9.59 Å². The molecule has 0 unspecified atom stereocenters. The Morgan fingerprint density at radius 1 is 1.00 bits per heavy atom. The molecular weight excluding hydrogens is 358 g/mol. The highest BCUT2D eigenvalue weighted by molar-refractivity contribution is 7.99. The monoisotopic (exact) mass is 377 g/mol. The van der Waals surface area contributed by atoms with Gasteiger partial charge in [0.15, 0.2) is 10.9 Å². The van der Waals surface area contributed by atoms with Crippen molar-refractivity contribution in [1.29, 1.82) is 0 Å². The Morgan fingerprint density at radius 2 is 1.78 bits per heavy atom. The first-order valence-electron chi connectivity index (χ1n) is 8.46. The minimum Gasteiger partial charge on any atom is -0.325 e. The molecule has 0 atom stereocenters. The highest BCUT2D eigenvalue weighted by atomic mass is 32.2. The molecule has 1 heterocycles. The van der Waals surface area contributed by atoms with Crippen LogP contribution in [-0.4, -0.2) is 27.4 Å². The second-order valence-corrected chi connectivity index (χ2v) is 6.96. The Balaban J connectivity index is 1.66. The van der Waals surface area contributed by atoms with Crippen LogP contribution < -0.4 is 5.32 Å². The van der Waals surface area contributed by atoms with Gasteiger partial charge in [-0.05, 0) is 32.0 Å². The van der Waals surface area contributed by atoms with Gasteiger partial charge in [0.2, 0.25) is 5.91 Å². The van der Waals surface area contributed by atoms with Crippen molar-refractivity contribution in [3.8, 4) is 11.3 Å². The van der Waals surface area contributed by atoms with E-state index in [1.165, 1.54) is 18.7 Å². The Kier molecular flexibility index (Phi) is 5.98. The van der Waals surface area contributed by atoms with Gasteiger partial charge >= 0.3 is 0 Å². The smallest absolute Gasteiger partial charge is 0.234 e. The first-order chi connectivity index (χ1) is 13.0. The molecule has 6 heteroatoms. The average Bonchev–Trinajstić information content (AvgIpc) is 2.67. The van der Waals surface area contributed by atoms with E-state index in [4.69, 9.17) is 0 Å². The lowest BCUT2D eigenvalue weighted by Crippen LogP contribution is -2.14. The van der Waals surface area contributed by atoms with Crippen LogP contribution in [0, 0.1) is 6.92 Å². The van der Waals surface area contributed by atoms with E-state index in [0.717, 1.165) is 17.0 Å². The van der Waals surface area contributed by atoms with Gasteiger partial charge in [0.05, 0.1) is 11.4 Å². The molecule has 1 N–H and O–H groups in total. The third-order valence-corrected chi connectivity index (χ3v) is 4.64. The molecule has 1 aromatic heterocycles. The number of amides is 1. The summed E-state index contributed by atoms with van der Waals surface area (Å²) in [6.45, 7) is 3.40. The quantitative estimate of drug-likeness (QED) is 0.392. The summed E-state index contributed by atoms with van der Waals surface area (Å²) in [7, 11) is 0. The summed E-state index contributed by atoms with van der Waals surface area (Å²) in [5, 5.41) is 3.36. The van der Waals surface area contributed by atoms with Gasteiger partial charge in [-0.15, -0.1) is 0 Å². The number of rotatable bonds is 6. The lowest BCUT2D eigenvalue weighted by molar-refractivity contribution is -0.113. The van der Waals surface area contributed by atoms with Crippen molar-refractivity contribution >= 4 is 29.1 Å². The third kappa shape index (κ3) is 5.24. The highest BCUT2D eigenvalue weighted by Crippen LogP contribution is 2.22. The van der Waals surface area contributed by atoms with Gasteiger partial charge < -0.3 is 5.32 Å². The SMILES string of the molecule is CC(=O)c1cccc(NC(=O)CSc2nc(C)cc(-c3ccccc3)n2)c1. The number of nitrogens with zero attached hydrogens (tertiary/aromatic N) is 2. The van der Waals surface area contributed by atoms with Gasteiger partial charge in [0.1, 0.15) is 0 Å². The summed E-state index contributed by atoms with van der Waals surface area (Å²) in [6, 6.07) is 18.7. The van der Waals surface area contributed by atoms with Gasteiger partial charge in [-0.3, -0.25) is 9.59 Å². The molecule has 0 saturated heterocycles. The molecular formula is C21H19N3O2S. The summed E-state index contributed by atoms with van der Waals surface area (Å²) >= 11 is 1.28. The fourth-order valence-electron chi connectivity index (χ4n) is 2.51. The molecule has 0 fully saturated rings. The number of aromatic nitrogens is 2. The van der Waals surface area contributed by atoms with Gasteiger partial charge in [-0.2, -0.15) is 0 Å². The topological polar surface area (TPSA) is 72.0 Å². The highest BCUT2D eigenvalue weighted by Gasteiger charge is 2.09. The van der Waals surface area contributed by atoms with Crippen molar-refractivity contribution in [1.82, 2.24) is 9.97 Å². The number of ketones is 1. The molecule has 0 bridgehead atoms. The molecule has 0 aliphatic heterocycles. The van der Waals surface area contributed by atoms with E-state index in [-0.39, 0.29) is 17.4 Å². The van der Waals surface area contributed by atoms with Gasteiger partial charge in [0, 0.05) is 22.5 Å². The number of anilines is 1. The fourth-order valence-corrected chi connectivity index (χ4v) is 3.21. The average molecular weight is 377 g/mol. The summed E-state index contributed by atoms with van der Waals surface area (Å²) in [4.78, 5) is 32.6. The molecule has 3 rings (SSSR count). The van der Waals surface area contributed by atoms with Crippen molar-refractivity contribution in [2.24, 2.45) is 0 Å². The third-order valence-electron chi connectivity index (χ3n) is 3.79. The standard InChI is InChI=1S/C21H19N3O2S/c1-14-11-19(16-7-4-3-5-8-16)24-21(22-14)27-13-20(26)23-18-10-6-9-17(12-18)15(2)25/h3-12H,13H2,1-2H3,(H,23,26). The molecule has 1 amide bonds. The molecule has 136 valence electrons. The maximum absolute atomic E-state index is 12.2. The first kappa shape index (κ1) is 18.8. The number of hydrogen-bond acceptors (Lipinski definition) is 5. The van der Waals surface area contributed by atoms with Crippen LogP contribution in [0.1, 0.15) is 23.0 Å². The van der Waals surface area contributed by atoms with E-state index >= 15 is 0 Å². The zero-order chi connectivity index (χ0) is 19.2. The summed E-state index contributed by atoms with van der Waals surface area (Å²) in [5.41, 5.74) is 3.86. The maximum Gasteiger partial charge on any atom is 0.234 e. The van der Waals surface area contributed by atoms with Crippen LogP contribution >= 0.6 is 11.8 Å². The number of hydrogen-bond donors (Lipinski definition) is 1. The zero-order valence-corrected chi connectivity index (χ0v) is 15.9. The van der Waals surface area contributed by atoms with E-state index in [1.807, 2.05) is 43.3 Å². The van der Waals surface area contributed by atoms with Crippen molar-refractivity contribution in [2.75, 3.05) is 11.1 Å². The van der Waals surface area contributed by atoms with Crippen LogP contribution in [0.4, 0.5) is 5.69 Å². The number of aryl methyl sites for hydroxylation is 1. The molecule has 0 aliphatic carbocycles. The predicted molar refractivity (Wildman–Crippen MR) is 108 cm³/mol. The second kappa shape index (κ2) is 8.60. The minimum atomic E-state index is -0.174. The van der Waals surface area contributed by atoms with Crippen LogP contribution in [0.2, 0.25) is 0 Å². The van der Waals surface area contributed by atoms with Gasteiger partial charge in [-0.25, -0.2) is 9.97 Å². The van der Waals surface area contributed by atoms with E-state index in [0.29, 0.717) is 16.4 Å². The van der Waals surface area contributed by atoms with Crippen molar-refractivity contribution in [3.63, 3.8) is 0 Å². The minimum absolute atomic E-state index is 0.0397. The number of benzene rings is 2. The van der Waals surface area contributed by atoms with Crippen molar-refractivity contribution < 1.29 is 9.59 Å². The maximum atomic E-state index is 12.2.